The summed E-state index contributed by atoms with van der Waals surface area (Å²) < 4.78 is 38.3. The van der Waals surface area contributed by atoms with Crippen LogP contribution < -0.4 is 11.3 Å². The Kier molecular flexibility index (Phi) is 5.24. The smallest absolute Gasteiger partial charge is 0.271 e. The van der Waals surface area contributed by atoms with E-state index in [4.69, 9.17) is 17.4 Å². The summed E-state index contributed by atoms with van der Waals surface area (Å²) in [4.78, 5) is 0. The molecule has 0 aliphatic carbocycles. The first-order valence-electron chi connectivity index (χ1n) is 5.19. The molecular weight excluding hydrogens is 253 g/mol. The van der Waals surface area contributed by atoms with Crippen LogP contribution in [0.5, 0.6) is 0 Å². The van der Waals surface area contributed by atoms with Crippen LogP contribution in [0, 0.1) is 0 Å². The molecule has 0 aliphatic heterocycles. The van der Waals surface area contributed by atoms with Gasteiger partial charge in [0.2, 0.25) is 0 Å². The highest BCUT2D eigenvalue weighted by molar-refractivity contribution is 6.17. The minimum Gasteiger partial charge on any atom is -0.271 e. The van der Waals surface area contributed by atoms with Crippen molar-refractivity contribution in [3.05, 3.63) is 35.4 Å². The van der Waals surface area contributed by atoms with Crippen molar-refractivity contribution in [1.82, 2.24) is 5.43 Å². The van der Waals surface area contributed by atoms with Crippen molar-refractivity contribution in [3.8, 4) is 0 Å². The predicted molar refractivity (Wildman–Crippen MR) is 61.5 cm³/mol. The number of nitrogens with one attached hydrogen (secondary N) is 1. The lowest BCUT2D eigenvalue weighted by atomic mass is 9.97. The van der Waals surface area contributed by atoms with E-state index in [9.17, 15) is 13.2 Å². The maximum atomic E-state index is 12.8. The Morgan fingerprint density at radius 2 is 1.94 bits per heavy atom. The van der Waals surface area contributed by atoms with Gasteiger partial charge in [-0.05, 0) is 24.5 Å². The summed E-state index contributed by atoms with van der Waals surface area (Å²) in [5, 5.41) is 0. The van der Waals surface area contributed by atoms with Crippen molar-refractivity contribution in [2.75, 3.05) is 5.88 Å². The number of rotatable bonds is 5. The number of hydrogen-bond donors (Lipinski definition) is 2. The van der Waals surface area contributed by atoms with Gasteiger partial charge in [0.1, 0.15) is 0 Å². The molecule has 0 aliphatic rings. The molecule has 0 fully saturated rings. The number of nitrogens with two attached hydrogens (primary N) is 1. The third-order valence-electron chi connectivity index (χ3n) is 2.47. The standard InChI is InChI=1S/C11H14ClF3N2/c12-7-3-6-10(17-16)8-4-1-2-5-9(8)11(13,14)15/h1-2,4-5,10,17H,3,6-7,16H2. The summed E-state index contributed by atoms with van der Waals surface area (Å²) in [6.07, 6.45) is -3.30. The zero-order valence-electron chi connectivity index (χ0n) is 9.10. The molecule has 6 heteroatoms. The molecule has 0 spiro atoms. The number of halogens is 4. The van der Waals surface area contributed by atoms with Gasteiger partial charge in [-0.1, -0.05) is 18.2 Å². The maximum Gasteiger partial charge on any atom is 0.416 e. The van der Waals surface area contributed by atoms with Gasteiger partial charge in [0.15, 0.2) is 0 Å². The summed E-state index contributed by atoms with van der Waals surface area (Å²) in [6, 6.07) is 4.88. The van der Waals surface area contributed by atoms with Gasteiger partial charge in [-0.15, -0.1) is 11.6 Å². The Morgan fingerprint density at radius 3 is 2.47 bits per heavy atom. The molecule has 1 aromatic rings. The van der Waals surface area contributed by atoms with Crippen molar-refractivity contribution >= 4 is 11.6 Å². The van der Waals surface area contributed by atoms with Crippen molar-refractivity contribution in [2.24, 2.45) is 5.84 Å². The molecule has 0 radical (unpaired) electrons. The van der Waals surface area contributed by atoms with Crippen LogP contribution in [0.15, 0.2) is 24.3 Å². The molecule has 96 valence electrons. The van der Waals surface area contributed by atoms with E-state index < -0.39 is 17.8 Å². The van der Waals surface area contributed by atoms with Crippen LogP contribution in [-0.4, -0.2) is 5.88 Å². The Hall–Kier alpha value is -0.780. The van der Waals surface area contributed by atoms with Crippen molar-refractivity contribution < 1.29 is 13.2 Å². The fourth-order valence-electron chi connectivity index (χ4n) is 1.67. The van der Waals surface area contributed by atoms with Gasteiger partial charge in [0.05, 0.1) is 5.56 Å². The van der Waals surface area contributed by atoms with Gasteiger partial charge in [0, 0.05) is 11.9 Å². The SMILES string of the molecule is NNC(CCCCl)c1ccccc1C(F)(F)F. The second-order valence-corrected chi connectivity index (χ2v) is 4.01. The average molecular weight is 267 g/mol. The zero-order chi connectivity index (χ0) is 12.9. The van der Waals surface area contributed by atoms with Crippen molar-refractivity contribution in [1.29, 1.82) is 0 Å². The highest BCUT2D eigenvalue weighted by Gasteiger charge is 2.34. The van der Waals surface area contributed by atoms with Gasteiger partial charge in [-0.2, -0.15) is 13.2 Å². The Bertz CT molecular complexity index is 355. The van der Waals surface area contributed by atoms with Gasteiger partial charge in [-0.3, -0.25) is 11.3 Å². The monoisotopic (exact) mass is 266 g/mol. The minimum atomic E-state index is -4.37. The summed E-state index contributed by atoms with van der Waals surface area (Å²) in [6.45, 7) is 0. The molecule has 0 bridgehead atoms. The Balaban J connectivity index is 3.02. The number of hydrazine groups is 1. The molecule has 1 atom stereocenters. The minimum absolute atomic E-state index is 0.160. The molecule has 2 nitrogen and oxygen atoms in total. The van der Waals surface area contributed by atoms with Gasteiger partial charge < -0.3 is 0 Å². The molecule has 0 saturated heterocycles. The quantitative estimate of drug-likeness (QED) is 0.488. The molecule has 0 aromatic heterocycles. The largest absolute Gasteiger partial charge is 0.416 e. The van der Waals surface area contributed by atoms with Crippen LogP contribution in [0.1, 0.15) is 30.0 Å². The second kappa shape index (κ2) is 6.23. The number of alkyl halides is 4. The third-order valence-corrected chi connectivity index (χ3v) is 2.74. The molecule has 0 amide bonds. The molecule has 3 N–H and O–H groups in total. The van der Waals surface area contributed by atoms with E-state index in [0.717, 1.165) is 6.07 Å². The highest BCUT2D eigenvalue weighted by Crippen LogP contribution is 2.35. The molecule has 17 heavy (non-hydrogen) atoms. The maximum absolute atomic E-state index is 12.8. The van der Waals surface area contributed by atoms with Crippen LogP contribution in [0.3, 0.4) is 0 Å². The van der Waals surface area contributed by atoms with E-state index in [0.29, 0.717) is 18.7 Å². The fourth-order valence-corrected chi connectivity index (χ4v) is 1.82. The Morgan fingerprint density at radius 1 is 1.29 bits per heavy atom. The molecule has 0 heterocycles. The summed E-state index contributed by atoms with van der Waals surface area (Å²) in [5.74, 6) is 5.69. The van der Waals surface area contributed by atoms with E-state index in [-0.39, 0.29) is 5.56 Å². The third kappa shape index (κ3) is 3.87. The normalized spacial score (nSPS) is 13.7. The number of benzene rings is 1. The van der Waals surface area contributed by atoms with Gasteiger partial charge in [-0.25, -0.2) is 0 Å². The molecule has 0 saturated carbocycles. The fraction of sp³-hybridized carbons (Fsp3) is 0.455. The predicted octanol–water partition coefficient (Wildman–Crippen LogP) is 3.23. The first-order chi connectivity index (χ1) is 8.00. The van der Waals surface area contributed by atoms with E-state index in [2.05, 4.69) is 5.43 Å². The van der Waals surface area contributed by atoms with E-state index in [1.54, 1.807) is 6.07 Å². The van der Waals surface area contributed by atoms with Gasteiger partial charge >= 0.3 is 6.18 Å². The molecule has 1 rings (SSSR count). The van der Waals surface area contributed by atoms with E-state index >= 15 is 0 Å². The zero-order valence-corrected chi connectivity index (χ0v) is 9.85. The first-order valence-corrected chi connectivity index (χ1v) is 5.72. The molecular formula is C11H14ClF3N2. The van der Waals surface area contributed by atoms with Crippen molar-refractivity contribution in [2.45, 2.75) is 25.1 Å². The summed E-state index contributed by atoms with van der Waals surface area (Å²) in [5.41, 5.74) is 1.91. The van der Waals surface area contributed by atoms with E-state index in [1.165, 1.54) is 12.1 Å². The first kappa shape index (κ1) is 14.3. The van der Waals surface area contributed by atoms with Crippen LogP contribution in [0.25, 0.3) is 0 Å². The lowest BCUT2D eigenvalue weighted by Crippen LogP contribution is -2.29. The average Bonchev–Trinajstić information content (AvgIpc) is 2.29. The second-order valence-electron chi connectivity index (χ2n) is 3.64. The summed E-state index contributed by atoms with van der Waals surface area (Å²) in [7, 11) is 0. The highest BCUT2D eigenvalue weighted by atomic mass is 35.5. The lowest BCUT2D eigenvalue weighted by molar-refractivity contribution is -0.138. The summed E-state index contributed by atoms with van der Waals surface area (Å²) >= 11 is 5.53. The van der Waals surface area contributed by atoms with Crippen LogP contribution in [0.4, 0.5) is 13.2 Å². The Labute approximate surface area is 103 Å². The van der Waals surface area contributed by atoms with Crippen LogP contribution >= 0.6 is 11.6 Å². The molecule has 1 unspecified atom stereocenters. The molecule has 1 aromatic carbocycles. The number of hydrogen-bond acceptors (Lipinski definition) is 2. The van der Waals surface area contributed by atoms with Crippen LogP contribution in [-0.2, 0) is 6.18 Å². The van der Waals surface area contributed by atoms with Gasteiger partial charge in [0.25, 0.3) is 0 Å². The van der Waals surface area contributed by atoms with Crippen molar-refractivity contribution in [3.63, 3.8) is 0 Å². The van der Waals surface area contributed by atoms with E-state index in [1.807, 2.05) is 0 Å². The van der Waals surface area contributed by atoms with Crippen LogP contribution in [0.2, 0.25) is 0 Å². The topological polar surface area (TPSA) is 38.0 Å². The lowest BCUT2D eigenvalue weighted by Gasteiger charge is -2.20.